The second kappa shape index (κ2) is 6.97. The van der Waals surface area contributed by atoms with E-state index in [0.717, 1.165) is 0 Å². The largest absolute Gasteiger partial charge is 0.391 e. The zero-order valence-electron chi connectivity index (χ0n) is 11.8. The van der Waals surface area contributed by atoms with Crippen molar-refractivity contribution in [2.45, 2.75) is 59.6 Å². The number of aliphatic hydroxyl groups excluding tert-OH is 1. The van der Waals surface area contributed by atoms with Gasteiger partial charge in [-0.05, 0) is 24.2 Å². The average Bonchev–Trinajstić information content (AvgIpc) is 2.10. The number of aliphatic hydroxyl groups is 1. The molecule has 0 fully saturated rings. The van der Waals surface area contributed by atoms with Crippen LogP contribution in [-0.4, -0.2) is 29.7 Å². The molecule has 0 heterocycles. The number of hydrogen-bond donors (Lipinski definition) is 3. The predicted octanol–water partition coefficient (Wildman–Crippen LogP) is 1.27. The first kappa shape index (κ1) is 16.4. The minimum atomic E-state index is -0.509. The number of nitrogens with two attached hydrogens (primary N) is 1. The van der Waals surface area contributed by atoms with Gasteiger partial charge in [0.1, 0.15) is 0 Å². The highest BCUT2D eigenvalue weighted by Crippen LogP contribution is 2.20. The summed E-state index contributed by atoms with van der Waals surface area (Å²) in [6.07, 6.45) is 0.818. The maximum absolute atomic E-state index is 11.6. The van der Waals surface area contributed by atoms with Crippen molar-refractivity contribution in [3.8, 4) is 0 Å². The fourth-order valence-corrected chi connectivity index (χ4v) is 1.74. The van der Waals surface area contributed by atoms with E-state index >= 15 is 0 Å². The molecule has 17 heavy (non-hydrogen) atoms. The summed E-state index contributed by atoms with van der Waals surface area (Å²) in [6, 6.07) is -0.475. The molecule has 4 N–H and O–H groups in total. The number of carbonyl (C=O) groups is 1. The quantitative estimate of drug-likeness (QED) is 0.658. The van der Waals surface area contributed by atoms with Gasteiger partial charge in [-0.3, -0.25) is 4.79 Å². The van der Waals surface area contributed by atoms with E-state index in [1.165, 1.54) is 0 Å². The lowest BCUT2D eigenvalue weighted by Crippen LogP contribution is -2.44. The van der Waals surface area contributed by atoms with Crippen LogP contribution in [0.3, 0.4) is 0 Å². The highest BCUT2D eigenvalue weighted by Gasteiger charge is 2.19. The Morgan fingerprint density at radius 1 is 1.35 bits per heavy atom. The van der Waals surface area contributed by atoms with Gasteiger partial charge in [-0.2, -0.15) is 0 Å². The van der Waals surface area contributed by atoms with Crippen molar-refractivity contribution >= 4 is 5.91 Å². The maximum Gasteiger partial charge on any atom is 0.237 e. The van der Waals surface area contributed by atoms with Crippen molar-refractivity contribution in [2.24, 2.45) is 17.1 Å². The summed E-state index contributed by atoms with van der Waals surface area (Å²) >= 11 is 0. The minimum Gasteiger partial charge on any atom is -0.391 e. The second-order valence-electron chi connectivity index (χ2n) is 6.40. The number of amides is 1. The molecule has 0 aliphatic rings. The Morgan fingerprint density at radius 2 is 1.88 bits per heavy atom. The normalized spacial score (nSPS) is 15.8. The van der Waals surface area contributed by atoms with E-state index in [4.69, 9.17) is 5.73 Å². The van der Waals surface area contributed by atoms with E-state index in [0.29, 0.717) is 18.8 Å². The van der Waals surface area contributed by atoms with Crippen LogP contribution in [0.5, 0.6) is 0 Å². The molecular formula is C13H28N2O2. The van der Waals surface area contributed by atoms with Gasteiger partial charge in [-0.25, -0.2) is 0 Å². The predicted molar refractivity (Wildman–Crippen MR) is 70.5 cm³/mol. The smallest absolute Gasteiger partial charge is 0.237 e. The van der Waals surface area contributed by atoms with Gasteiger partial charge in [0.15, 0.2) is 0 Å². The van der Waals surface area contributed by atoms with Crippen molar-refractivity contribution in [3.05, 3.63) is 0 Å². The van der Waals surface area contributed by atoms with Gasteiger partial charge in [-0.15, -0.1) is 0 Å². The lowest BCUT2D eigenvalue weighted by Gasteiger charge is -2.23. The SMILES string of the molecule is CC(C)C[C@H](N)C(=O)NCC(O)CC(C)(C)C. The van der Waals surface area contributed by atoms with Gasteiger partial charge in [-0.1, -0.05) is 34.6 Å². The van der Waals surface area contributed by atoms with Crippen molar-refractivity contribution in [1.29, 1.82) is 0 Å². The summed E-state index contributed by atoms with van der Waals surface area (Å²) in [7, 11) is 0. The van der Waals surface area contributed by atoms with Crippen LogP contribution >= 0.6 is 0 Å². The first-order chi connectivity index (χ1) is 7.61. The molecule has 1 amide bonds. The maximum atomic E-state index is 11.6. The third-order valence-corrected chi connectivity index (χ3v) is 2.42. The minimum absolute atomic E-state index is 0.0597. The van der Waals surface area contributed by atoms with Crippen molar-refractivity contribution in [3.63, 3.8) is 0 Å². The Hall–Kier alpha value is -0.610. The van der Waals surface area contributed by atoms with Crippen molar-refractivity contribution in [1.82, 2.24) is 5.32 Å². The van der Waals surface area contributed by atoms with Gasteiger partial charge >= 0.3 is 0 Å². The molecule has 0 spiro atoms. The molecule has 2 atom stereocenters. The van der Waals surface area contributed by atoms with Crippen LogP contribution in [0, 0.1) is 11.3 Å². The Morgan fingerprint density at radius 3 is 2.29 bits per heavy atom. The van der Waals surface area contributed by atoms with Gasteiger partial charge in [0, 0.05) is 6.54 Å². The highest BCUT2D eigenvalue weighted by molar-refractivity contribution is 5.81. The van der Waals surface area contributed by atoms with Crippen LogP contribution in [-0.2, 0) is 4.79 Å². The molecule has 0 saturated carbocycles. The molecule has 0 rings (SSSR count). The number of nitrogens with one attached hydrogen (secondary N) is 1. The van der Waals surface area contributed by atoms with E-state index in [9.17, 15) is 9.90 Å². The second-order valence-corrected chi connectivity index (χ2v) is 6.40. The Kier molecular flexibility index (Phi) is 6.72. The highest BCUT2D eigenvalue weighted by atomic mass is 16.3. The van der Waals surface area contributed by atoms with Crippen LogP contribution in [0.4, 0.5) is 0 Å². The average molecular weight is 244 g/mol. The van der Waals surface area contributed by atoms with E-state index in [1.807, 2.05) is 13.8 Å². The van der Waals surface area contributed by atoms with Crippen LogP contribution < -0.4 is 11.1 Å². The van der Waals surface area contributed by atoms with Gasteiger partial charge < -0.3 is 16.2 Å². The van der Waals surface area contributed by atoms with E-state index < -0.39 is 12.1 Å². The summed E-state index contributed by atoms with van der Waals surface area (Å²) in [4.78, 5) is 11.6. The molecular weight excluding hydrogens is 216 g/mol. The zero-order chi connectivity index (χ0) is 13.6. The Bertz CT molecular complexity index is 234. The molecule has 4 nitrogen and oxygen atoms in total. The van der Waals surface area contributed by atoms with Gasteiger partial charge in [0.25, 0.3) is 0 Å². The van der Waals surface area contributed by atoms with Crippen LogP contribution in [0.15, 0.2) is 0 Å². The molecule has 0 bridgehead atoms. The van der Waals surface area contributed by atoms with Crippen LogP contribution in [0.25, 0.3) is 0 Å². The summed E-state index contributed by atoms with van der Waals surface area (Å²) < 4.78 is 0. The standard InChI is InChI=1S/C13H28N2O2/c1-9(2)6-11(14)12(17)15-8-10(16)7-13(3,4)5/h9-11,16H,6-8,14H2,1-5H3,(H,15,17)/t10?,11-/m0/s1. The molecule has 4 heteroatoms. The third-order valence-electron chi connectivity index (χ3n) is 2.42. The summed E-state index contributed by atoms with van der Waals surface area (Å²) in [5.41, 5.74) is 5.80. The molecule has 0 aliphatic carbocycles. The molecule has 0 radical (unpaired) electrons. The topological polar surface area (TPSA) is 75.4 Å². The Labute approximate surface area is 105 Å². The van der Waals surface area contributed by atoms with E-state index in [-0.39, 0.29) is 17.9 Å². The van der Waals surface area contributed by atoms with Gasteiger partial charge in [0.05, 0.1) is 12.1 Å². The monoisotopic (exact) mass is 244 g/mol. The third kappa shape index (κ3) is 9.12. The summed E-state index contributed by atoms with van der Waals surface area (Å²) in [6.45, 7) is 10.5. The van der Waals surface area contributed by atoms with Crippen LogP contribution in [0.2, 0.25) is 0 Å². The van der Waals surface area contributed by atoms with E-state index in [1.54, 1.807) is 0 Å². The molecule has 102 valence electrons. The summed E-state index contributed by atoms with van der Waals surface area (Å²) in [5.74, 6) is 0.224. The Balaban J connectivity index is 3.91. The number of carbonyl (C=O) groups excluding carboxylic acids is 1. The fraction of sp³-hybridized carbons (Fsp3) is 0.923. The van der Waals surface area contributed by atoms with Crippen molar-refractivity contribution in [2.75, 3.05) is 6.54 Å². The molecule has 1 unspecified atom stereocenters. The molecule has 0 saturated heterocycles. The zero-order valence-corrected chi connectivity index (χ0v) is 11.8. The lowest BCUT2D eigenvalue weighted by atomic mass is 9.89. The molecule has 0 aliphatic heterocycles. The lowest BCUT2D eigenvalue weighted by molar-refractivity contribution is -0.123. The summed E-state index contributed by atoms with van der Waals surface area (Å²) in [5, 5.41) is 12.4. The number of rotatable bonds is 6. The van der Waals surface area contributed by atoms with Gasteiger partial charge in [0.2, 0.25) is 5.91 Å². The first-order valence-electron chi connectivity index (χ1n) is 6.33. The molecule has 0 aromatic heterocycles. The fourth-order valence-electron chi connectivity index (χ4n) is 1.74. The first-order valence-corrected chi connectivity index (χ1v) is 6.33. The number of hydrogen-bond acceptors (Lipinski definition) is 3. The van der Waals surface area contributed by atoms with E-state index in [2.05, 4.69) is 26.1 Å². The van der Waals surface area contributed by atoms with Crippen molar-refractivity contribution < 1.29 is 9.90 Å². The van der Waals surface area contributed by atoms with Crippen LogP contribution in [0.1, 0.15) is 47.5 Å². The molecule has 0 aromatic rings. The molecule has 0 aromatic carbocycles.